The molecule has 0 aliphatic rings. The number of nitrogens with one attached hydrogen (secondary N) is 1. The minimum Gasteiger partial charge on any atom is -0.481 e. The number of carboxylic acids is 2. The molecule has 0 bridgehead atoms. The lowest BCUT2D eigenvalue weighted by Gasteiger charge is -2.12. The SMILES string of the molecule is NC(CCC(=O)O)C(=O)Nc1cc(Cl)cc(C(=O)O)c1. The Balaban J connectivity index is 2.75. The van der Waals surface area contributed by atoms with E-state index in [4.69, 9.17) is 27.5 Å². The number of aromatic carboxylic acids is 1. The molecule has 1 atom stereocenters. The van der Waals surface area contributed by atoms with E-state index in [-0.39, 0.29) is 29.1 Å². The molecule has 7 nitrogen and oxygen atoms in total. The Morgan fingerprint density at radius 2 is 1.90 bits per heavy atom. The van der Waals surface area contributed by atoms with E-state index < -0.39 is 23.9 Å². The van der Waals surface area contributed by atoms with Crippen LogP contribution in [0.3, 0.4) is 0 Å². The van der Waals surface area contributed by atoms with E-state index in [1.54, 1.807) is 0 Å². The molecule has 0 radical (unpaired) electrons. The summed E-state index contributed by atoms with van der Waals surface area (Å²) in [6.07, 6.45) is -0.252. The summed E-state index contributed by atoms with van der Waals surface area (Å²) in [5.74, 6) is -2.84. The van der Waals surface area contributed by atoms with E-state index in [9.17, 15) is 14.4 Å². The Kier molecular flexibility index (Phi) is 5.48. The van der Waals surface area contributed by atoms with Crippen molar-refractivity contribution in [1.29, 1.82) is 0 Å². The number of anilines is 1. The first kappa shape index (κ1) is 15.9. The van der Waals surface area contributed by atoms with Crippen LogP contribution in [0.15, 0.2) is 18.2 Å². The maximum absolute atomic E-state index is 11.7. The van der Waals surface area contributed by atoms with Crippen LogP contribution in [0.4, 0.5) is 5.69 Å². The number of carboxylic acid groups (broad SMARTS) is 2. The molecule has 0 aliphatic carbocycles. The first-order chi connectivity index (χ1) is 9.29. The van der Waals surface area contributed by atoms with Crippen molar-refractivity contribution in [2.24, 2.45) is 5.73 Å². The van der Waals surface area contributed by atoms with E-state index >= 15 is 0 Å². The van der Waals surface area contributed by atoms with Gasteiger partial charge < -0.3 is 21.3 Å². The number of halogens is 1. The molecule has 20 heavy (non-hydrogen) atoms. The summed E-state index contributed by atoms with van der Waals surface area (Å²) >= 11 is 5.74. The van der Waals surface area contributed by atoms with Crippen molar-refractivity contribution in [1.82, 2.24) is 0 Å². The van der Waals surface area contributed by atoms with E-state index in [1.165, 1.54) is 18.2 Å². The lowest BCUT2D eigenvalue weighted by Crippen LogP contribution is -2.36. The van der Waals surface area contributed by atoms with Gasteiger partial charge in [0.15, 0.2) is 0 Å². The van der Waals surface area contributed by atoms with Gasteiger partial charge in [-0.1, -0.05) is 11.6 Å². The quantitative estimate of drug-likeness (QED) is 0.624. The predicted molar refractivity (Wildman–Crippen MR) is 71.9 cm³/mol. The standard InChI is InChI=1S/C12H13ClN2O5/c13-7-3-6(12(19)20)4-8(5-7)15-11(18)9(14)1-2-10(16)17/h3-5,9H,1-2,14H2,(H,15,18)(H,16,17)(H,19,20). The fourth-order valence-corrected chi connectivity index (χ4v) is 1.67. The van der Waals surface area contributed by atoms with Crippen LogP contribution in [0.5, 0.6) is 0 Å². The normalized spacial score (nSPS) is 11.7. The first-order valence-electron chi connectivity index (χ1n) is 5.61. The number of carbonyl (C=O) groups excluding carboxylic acids is 1. The molecule has 108 valence electrons. The number of nitrogens with two attached hydrogens (primary N) is 1. The number of amides is 1. The van der Waals surface area contributed by atoms with Gasteiger partial charge in [-0.15, -0.1) is 0 Å². The highest BCUT2D eigenvalue weighted by atomic mass is 35.5. The van der Waals surface area contributed by atoms with Crippen LogP contribution in [0.1, 0.15) is 23.2 Å². The lowest BCUT2D eigenvalue weighted by molar-refractivity contribution is -0.137. The summed E-state index contributed by atoms with van der Waals surface area (Å²) in [5, 5.41) is 19.9. The molecule has 0 aromatic heterocycles. The maximum Gasteiger partial charge on any atom is 0.335 e. The van der Waals surface area contributed by atoms with Crippen molar-refractivity contribution in [3.05, 3.63) is 28.8 Å². The van der Waals surface area contributed by atoms with Gasteiger partial charge >= 0.3 is 11.9 Å². The van der Waals surface area contributed by atoms with Crippen molar-refractivity contribution >= 4 is 35.1 Å². The Morgan fingerprint density at radius 1 is 1.25 bits per heavy atom. The maximum atomic E-state index is 11.7. The summed E-state index contributed by atoms with van der Waals surface area (Å²) in [6.45, 7) is 0. The third-order valence-corrected chi connectivity index (χ3v) is 2.64. The van der Waals surface area contributed by atoms with Crippen LogP contribution in [-0.2, 0) is 9.59 Å². The molecule has 0 aliphatic heterocycles. The van der Waals surface area contributed by atoms with Crippen LogP contribution < -0.4 is 11.1 Å². The molecule has 1 rings (SSSR count). The second kappa shape index (κ2) is 6.88. The molecular formula is C12H13ClN2O5. The van der Waals surface area contributed by atoms with Crippen LogP contribution >= 0.6 is 11.6 Å². The zero-order valence-electron chi connectivity index (χ0n) is 10.3. The van der Waals surface area contributed by atoms with Gasteiger partial charge in [0.25, 0.3) is 0 Å². The fraction of sp³-hybridized carbons (Fsp3) is 0.250. The van der Waals surface area contributed by atoms with Gasteiger partial charge in [-0.3, -0.25) is 9.59 Å². The molecule has 0 heterocycles. The molecule has 1 amide bonds. The van der Waals surface area contributed by atoms with Crippen molar-refractivity contribution in [3.63, 3.8) is 0 Å². The van der Waals surface area contributed by atoms with Crippen LogP contribution in [-0.4, -0.2) is 34.1 Å². The van der Waals surface area contributed by atoms with Gasteiger partial charge in [0, 0.05) is 17.1 Å². The van der Waals surface area contributed by atoms with Gasteiger partial charge in [0.05, 0.1) is 11.6 Å². The van der Waals surface area contributed by atoms with Crippen LogP contribution in [0, 0.1) is 0 Å². The van der Waals surface area contributed by atoms with E-state index in [1.807, 2.05) is 0 Å². The minimum atomic E-state index is -1.18. The molecule has 0 spiro atoms. The average Bonchev–Trinajstić information content (AvgIpc) is 2.34. The van der Waals surface area contributed by atoms with E-state index in [2.05, 4.69) is 5.32 Å². The number of benzene rings is 1. The number of rotatable bonds is 6. The second-order valence-corrected chi connectivity index (χ2v) is 4.50. The number of hydrogen-bond acceptors (Lipinski definition) is 4. The zero-order valence-corrected chi connectivity index (χ0v) is 11.1. The third-order valence-electron chi connectivity index (χ3n) is 2.42. The molecule has 1 unspecified atom stereocenters. The number of hydrogen-bond donors (Lipinski definition) is 4. The van der Waals surface area contributed by atoms with Crippen molar-refractivity contribution in [2.75, 3.05) is 5.32 Å². The predicted octanol–water partition coefficient (Wildman–Crippen LogP) is 1.17. The molecule has 1 aromatic carbocycles. The number of carbonyl (C=O) groups is 3. The Morgan fingerprint density at radius 3 is 2.45 bits per heavy atom. The zero-order chi connectivity index (χ0) is 15.3. The van der Waals surface area contributed by atoms with Crippen molar-refractivity contribution in [2.45, 2.75) is 18.9 Å². The molecule has 8 heteroatoms. The van der Waals surface area contributed by atoms with Gasteiger partial charge in [-0.25, -0.2) is 4.79 Å². The Labute approximate surface area is 119 Å². The summed E-state index contributed by atoms with van der Waals surface area (Å²) in [6, 6.07) is 2.84. The summed E-state index contributed by atoms with van der Waals surface area (Å²) in [7, 11) is 0. The largest absolute Gasteiger partial charge is 0.481 e. The highest BCUT2D eigenvalue weighted by molar-refractivity contribution is 6.31. The number of aliphatic carboxylic acids is 1. The third kappa shape index (κ3) is 4.87. The highest BCUT2D eigenvalue weighted by Crippen LogP contribution is 2.19. The molecule has 0 fully saturated rings. The Bertz CT molecular complexity index is 547. The average molecular weight is 301 g/mol. The van der Waals surface area contributed by atoms with Gasteiger partial charge in [0.2, 0.25) is 5.91 Å². The smallest absolute Gasteiger partial charge is 0.335 e. The van der Waals surface area contributed by atoms with Crippen molar-refractivity contribution < 1.29 is 24.6 Å². The molecule has 0 saturated carbocycles. The molecule has 1 aromatic rings. The van der Waals surface area contributed by atoms with E-state index in [0.29, 0.717) is 0 Å². The molecule has 5 N–H and O–H groups in total. The van der Waals surface area contributed by atoms with E-state index in [0.717, 1.165) is 0 Å². The summed E-state index contributed by atoms with van der Waals surface area (Å²) < 4.78 is 0. The van der Waals surface area contributed by atoms with Crippen LogP contribution in [0.2, 0.25) is 5.02 Å². The van der Waals surface area contributed by atoms with Crippen molar-refractivity contribution in [3.8, 4) is 0 Å². The van der Waals surface area contributed by atoms with Gasteiger partial charge in [-0.05, 0) is 24.6 Å². The van der Waals surface area contributed by atoms with Crippen LogP contribution in [0.25, 0.3) is 0 Å². The van der Waals surface area contributed by atoms with Gasteiger partial charge in [0.1, 0.15) is 0 Å². The molecule has 0 saturated heterocycles. The second-order valence-electron chi connectivity index (χ2n) is 4.06. The minimum absolute atomic E-state index is 0.0203. The molecular weight excluding hydrogens is 288 g/mol. The highest BCUT2D eigenvalue weighted by Gasteiger charge is 2.16. The van der Waals surface area contributed by atoms with Gasteiger partial charge in [-0.2, -0.15) is 0 Å². The summed E-state index contributed by atoms with van der Waals surface area (Å²) in [4.78, 5) is 32.9. The summed E-state index contributed by atoms with van der Waals surface area (Å²) in [5.41, 5.74) is 5.63. The Hall–Kier alpha value is -2.12. The monoisotopic (exact) mass is 300 g/mol. The lowest BCUT2D eigenvalue weighted by atomic mass is 10.1. The first-order valence-corrected chi connectivity index (χ1v) is 5.99. The topological polar surface area (TPSA) is 130 Å². The fourth-order valence-electron chi connectivity index (χ4n) is 1.43.